The smallest absolute Gasteiger partial charge is 0.313 e. The Labute approximate surface area is 224 Å². The fourth-order valence-electron chi connectivity index (χ4n) is 6.16. The highest BCUT2D eigenvalue weighted by Crippen LogP contribution is 2.36. The van der Waals surface area contributed by atoms with Gasteiger partial charge in [-0.05, 0) is 25.0 Å². The molecule has 4 heterocycles. The molecule has 38 heavy (non-hydrogen) atoms. The third kappa shape index (κ3) is 4.16. The van der Waals surface area contributed by atoms with Crippen LogP contribution in [0.4, 0.5) is 4.79 Å². The first-order chi connectivity index (χ1) is 18.4. The number of carbonyl (C=O) groups is 2. The van der Waals surface area contributed by atoms with Crippen LogP contribution in [0.5, 0.6) is 0 Å². The summed E-state index contributed by atoms with van der Waals surface area (Å²) in [5.41, 5.74) is 4.79. The second-order valence-corrected chi connectivity index (χ2v) is 10.5. The first-order valence-electron chi connectivity index (χ1n) is 13.4. The minimum absolute atomic E-state index is 0.251. The van der Waals surface area contributed by atoms with Gasteiger partial charge in [-0.25, -0.2) is 9.79 Å². The maximum absolute atomic E-state index is 12.7. The lowest BCUT2D eigenvalue weighted by atomic mass is 9.96. The second kappa shape index (κ2) is 9.89. The zero-order chi connectivity index (χ0) is 26.4. The summed E-state index contributed by atoms with van der Waals surface area (Å²) in [6, 6.07) is 20.9. The van der Waals surface area contributed by atoms with Crippen LogP contribution in [0.1, 0.15) is 31.0 Å². The van der Waals surface area contributed by atoms with Crippen molar-refractivity contribution in [3.8, 4) is 0 Å². The zero-order valence-corrected chi connectivity index (χ0v) is 22.2. The predicted molar refractivity (Wildman–Crippen MR) is 146 cm³/mol. The van der Waals surface area contributed by atoms with E-state index in [0.717, 1.165) is 56.6 Å². The average molecular weight is 514 g/mol. The van der Waals surface area contributed by atoms with Crippen LogP contribution in [-0.2, 0) is 4.79 Å². The molecule has 9 nitrogen and oxygen atoms in total. The van der Waals surface area contributed by atoms with Crippen molar-refractivity contribution in [3.63, 3.8) is 0 Å². The van der Waals surface area contributed by atoms with Gasteiger partial charge in [-0.1, -0.05) is 60.7 Å². The van der Waals surface area contributed by atoms with E-state index in [0.29, 0.717) is 0 Å². The molecular formula is C29H35N7O2. The van der Waals surface area contributed by atoms with E-state index in [-0.39, 0.29) is 11.9 Å². The Morgan fingerprint density at radius 3 is 2.08 bits per heavy atom. The van der Waals surface area contributed by atoms with Crippen molar-refractivity contribution in [1.82, 2.24) is 29.8 Å². The molecule has 6 rings (SSSR count). The molecule has 2 aromatic carbocycles. The molecule has 2 saturated heterocycles. The number of nitrogens with one attached hydrogen (secondary N) is 1. The molecule has 4 aliphatic heterocycles. The first-order valence-corrected chi connectivity index (χ1v) is 13.4. The molecule has 1 N–H and O–H groups in total. The minimum atomic E-state index is -0.510. The van der Waals surface area contributed by atoms with Gasteiger partial charge >= 0.3 is 6.03 Å². The topological polar surface area (TPSA) is 74.7 Å². The summed E-state index contributed by atoms with van der Waals surface area (Å²) in [5, 5.41) is 2.46. The second-order valence-electron chi connectivity index (χ2n) is 10.5. The Bertz CT molecular complexity index is 1230. The van der Waals surface area contributed by atoms with Gasteiger partial charge in [0.15, 0.2) is 12.2 Å². The SMILES string of the molecule is CC1=C(C)N2C(=NC3C2C(=O)NC(=O)N3C)N1CCN1CCN(C(c2ccccc2)c2ccccc2)CC1. The van der Waals surface area contributed by atoms with Crippen LogP contribution in [0, 0.1) is 0 Å². The van der Waals surface area contributed by atoms with Crippen molar-refractivity contribution in [1.29, 1.82) is 0 Å². The van der Waals surface area contributed by atoms with E-state index in [1.807, 2.05) is 11.8 Å². The molecule has 0 radical (unpaired) electrons. The molecule has 2 atom stereocenters. The molecule has 9 heteroatoms. The van der Waals surface area contributed by atoms with Gasteiger partial charge in [0.05, 0.1) is 6.04 Å². The van der Waals surface area contributed by atoms with Crippen LogP contribution < -0.4 is 5.32 Å². The number of amides is 3. The maximum Gasteiger partial charge on any atom is 0.325 e. The number of urea groups is 1. The number of hydrogen-bond acceptors (Lipinski definition) is 7. The molecule has 2 aromatic rings. The zero-order valence-electron chi connectivity index (χ0n) is 22.2. The van der Waals surface area contributed by atoms with Gasteiger partial charge < -0.3 is 9.80 Å². The number of allylic oxidation sites excluding steroid dienone is 2. The van der Waals surface area contributed by atoms with Crippen molar-refractivity contribution in [2.45, 2.75) is 32.1 Å². The molecule has 4 aliphatic rings. The summed E-state index contributed by atoms with van der Waals surface area (Å²) < 4.78 is 0. The summed E-state index contributed by atoms with van der Waals surface area (Å²) in [6.07, 6.45) is -0.492. The lowest BCUT2D eigenvalue weighted by molar-refractivity contribution is -0.126. The Morgan fingerprint density at radius 1 is 0.868 bits per heavy atom. The van der Waals surface area contributed by atoms with Crippen LogP contribution in [0.25, 0.3) is 0 Å². The van der Waals surface area contributed by atoms with E-state index >= 15 is 0 Å². The number of carbonyl (C=O) groups excluding carboxylic acids is 2. The van der Waals surface area contributed by atoms with E-state index in [2.05, 4.69) is 87.6 Å². The van der Waals surface area contributed by atoms with Gasteiger partial charge in [0, 0.05) is 57.7 Å². The van der Waals surface area contributed by atoms with Crippen molar-refractivity contribution >= 4 is 17.9 Å². The van der Waals surface area contributed by atoms with Gasteiger partial charge in [0.1, 0.15) is 0 Å². The number of piperazine rings is 1. The fraction of sp³-hybridized carbons (Fsp3) is 0.414. The summed E-state index contributed by atoms with van der Waals surface area (Å²) in [5.74, 6) is 0.493. The first kappa shape index (κ1) is 24.6. The summed E-state index contributed by atoms with van der Waals surface area (Å²) in [4.78, 5) is 40.5. The Hall–Kier alpha value is -3.69. The Morgan fingerprint density at radius 2 is 1.47 bits per heavy atom. The van der Waals surface area contributed by atoms with E-state index in [1.54, 1.807) is 7.05 Å². The van der Waals surface area contributed by atoms with Crippen LogP contribution in [0.15, 0.2) is 77.1 Å². The molecule has 3 amide bonds. The molecule has 0 aliphatic carbocycles. The normalized spacial score (nSPS) is 24.2. The maximum atomic E-state index is 12.7. The van der Waals surface area contributed by atoms with Crippen LogP contribution in [0.2, 0.25) is 0 Å². The standard InChI is InChI=1S/C29H35N7O2/c1-20-21(2)36-25-26(32(3)29(38)31-27(25)37)30-28(36)35(20)19-16-33-14-17-34(18-15-33)24(22-10-6-4-7-11-22)23-12-8-5-9-13-23/h4-13,24-26H,14-19H2,1-3H3,(H,31,37,38). The van der Waals surface area contributed by atoms with E-state index < -0.39 is 18.2 Å². The van der Waals surface area contributed by atoms with Gasteiger partial charge in [-0.3, -0.25) is 24.8 Å². The predicted octanol–water partition coefficient (Wildman–Crippen LogP) is 2.51. The van der Waals surface area contributed by atoms with Crippen LogP contribution in [-0.4, -0.2) is 101 Å². The highest BCUT2D eigenvalue weighted by molar-refractivity contribution is 6.05. The number of guanidine groups is 1. The monoisotopic (exact) mass is 513 g/mol. The number of rotatable bonds is 6. The average Bonchev–Trinajstić information content (AvgIpc) is 3.44. The van der Waals surface area contributed by atoms with Gasteiger partial charge in [0.2, 0.25) is 5.96 Å². The summed E-state index contributed by atoms with van der Waals surface area (Å²) in [7, 11) is 1.69. The molecule has 198 valence electrons. The van der Waals surface area contributed by atoms with E-state index in [9.17, 15) is 9.59 Å². The van der Waals surface area contributed by atoms with Crippen LogP contribution in [0.3, 0.4) is 0 Å². The van der Waals surface area contributed by atoms with Gasteiger partial charge in [-0.2, -0.15) is 0 Å². The van der Waals surface area contributed by atoms with E-state index in [1.165, 1.54) is 16.0 Å². The molecule has 0 saturated carbocycles. The van der Waals surface area contributed by atoms with E-state index in [4.69, 9.17) is 4.99 Å². The van der Waals surface area contributed by atoms with Crippen molar-refractivity contribution in [2.75, 3.05) is 46.3 Å². The van der Waals surface area contributed by atoms with Crippen LogP contribution >= 0.6 is 0 Å². The lowest BCUT2D eigenvalue weighted by Gasteiger charge is -2.40. The number of nitrogens with zero attached hydrogens (tertiary/aromatic N) is 6. The third-order valence-corrected chi connectivity index (χ3v) is 8.41. The lowest BCUT2D eigenvalue weighted by Crippen LogP contribution is -2.63. The molecule has 0 aromatic heterocycles. The van der Waals surface area contributed by atoms with Crippen molar-refractivity contribution in [3.05, 3.63) is 83.2 Å². The third-order valence-electron chi connectivity index (χ3n) is 8.41. The van der Waals surface area contributed by atoms with Crippen molar-refractivity contribution < 1.29 is 9.59 Å². The largest absolute Gasteiger partial charge is 0.325 e. The molecule has 2 unspecified atom stereocenters. The summed E-state index contributed by atoms with van der Waals surface area (Å²) in [6.45, 7) is 9.78. The highest BCUT2D eigenvalue weighted by atomic mass is 16.2. The van der Waals surface area contributed by atoms with Gasteiger partial charge in [-0.15, -0.1) is 0 Å². The Kier molecular flexibility index (Phi) is 6.41. The highest BCUT2D eigenvalue weighted by Gasteiger charge is 2.53. The number of benzene rings is 2. The number of imide groups is 1. The Balaban J connectivity index is 1.12. The minimum Gasteiger partial charge on any atom is -0.313 e. The number of likely N-dealkylation sites (N-methyl/N-ethyl adjacent to an activating group) is 1. The quantitative estimate of drug-likeness (QED) is 0.640. The number of hydrogen-bond donors (Lipinski definition) is 1. The molecule has 0 bridgehead atoms. The summed E-state index contributed by atoms with van der Waals surface area (Å²) >= 11 is 0. The molecule has 2 fully saturated rings. The van der Waals surface area contributed by atoms with Crippen molar-refractivity contribution in [2.24, 2.45) is 4.99 Å². The number of fused-ring (bicyclic) bond motifs is 3. The molecule has 0 spiro atoms. The van der Waals surface area contributed by atoms with Gasteiger partial charge in [0.25, 0.3) is 5.91 Å². The fourth-order valence-corrected chi connectivity index (χ4v) is 6.16. The molecular weight excluding hydrogens is 478 g/mol. The number of aliphatic imine (C=N–C) groups is 1.